The average molecular weight is 266 g/mol. The molecule has 0 heterocycles. The van der Waals surface area contributed by atoms with E-state index in [9.17, 15) is 22.4 Å². The van der Waals surface area contributed by atoms with Crippen molar-refractivity contribution in [1.82, 2.24) is 0 Å². The van der Waals surface area contributed by atoms with Gasteiger partial charge in [-0.3, -0.25) is 4.79 Å². The molecule has 0 saturated heterocycles. The summed E-state index contributed by atoms with van der Waals surface area (Å²) in [5.74, 6) is -2.33. The van der Waals surface area contributed by atoms with E-state index in [1.807, 2.05) is 0 Å². The minimum absolute atomic E-state index is 0.0582. The maximum absolute atomic E-state index is 13.1. The molecule has 0 amide bonds. The molecule has 0 fully saturated rings. The number of ether oxygens (including phenoxy) is 1. The molecule has 1 N–H and O–H groups in total. The van der Waals surface area contributed by atoms with E-state index in [4.69, 9.17) is 5.11 Å². The normalized spacial score (nSPS) is 13.3. The van der Waals surface area contributed by atoms with Crippen LogP contribution in [0.25, 0.3) is 0 Å². The molecule has 1 unspecified atom stereocenters. The Kier molecular flexibility index (Phi) is 4.66. The zero-order valence-electron chi connectivity index (χ0n) is 9.08. The Morgan fingerprint density at radius 1 is 1.33 bits per heavy atom. The summed E-state index contributed by atoms with van der Waals surface area (Å²) >= 11 is 0. The van der Waals surface area contributed by atoms with Gasteiger partial charge in [0.25, 0.3) is 0 Å². The molecular formula is C11H10F4O3. The van der Waals surface area contributed by atoms with Crippen molar-refractivity contribution < 1.29 is 32.2 Å². The van der Waals surface area contributed by atoms with Crippen LogP contribution in [0.2, 0.25) is 0 Å². The zero-order valence-corrected chi connectivity index (χ0v) is 9.08. The Balaban J connectivity index is 2.68. The number of rotatable bonds is 5. The Hall–Kier alpha value is -1.63. The molecule has 0 radical (unpaired) electrons. The molecule has 0 spiro atoms. The van der Waals surface area contributed by atoms with Crippen molar-refractivity contribution in [3.8, 4) is 0 Å². The van der Waals surface area contributed by atoms with Gasteiger partial charge >= 0.3 is 12.1 Å². The summed E-state index contributed by atoms with van der Waals surface area (Å²) in [7, 11) is 0. The molecule has 1 atom stereocenters. The van der Waals surface area contributed by atoms with E-state index in [1.165, 1.54) is 18.2 Å². The van der Waals surface area contributed by atoms with Crippen molar-refractivity contribution in [1.29, 1.82) is 0 Å². The Morgan fingerprint density at radius 3 is 2.44 bits per heavy atom. The lowest BCUT2D eigenvalue weighted by Crippen LogP contribution is -2.33. The average Bonchev–Trinajstić information content (AvgIpc) is 2.24. The highest BCUT2D eigenvalue weighted by Crippen LogP contribution is 2.26. The molecule has 0 aliphatic heterocycles. The highest BCUT2D eigenvalue weighted by Gasteiger charge is 2.42. The third kappa shape index (κ3) is 4.33. The van der Waals surface area contributed by atoms with Crippen LogP contribution in [0.3, 0.4) is 0 Å². The molecule has 18 heavy (non-hydrogen) atoms. The van der Waals surface area contributed by atoms with Crippen LogP contribution in [0.4, 0.5) is 17.6 Å². The van der Waals surface area contributed by atoms with Crippen LogP contribution in [-0.4, -0.2) is 23.4 Å². The molecule has 0 aliphatic rings. The lowest BCUT2D eigenvalue weighted by Gasteiger charge is -2.19. The van der Waals surface area contributed by atoms with Gasteiger partial charge in [0.05, 0.1) is 13.0 Å². The maximum atomic E-state index is 13.1. The van der Waals surface area contributed by atoms with Crippen LogP contribution in [0.1, 0.15) is 12.0 Å². The van der Waals surface area contributed by atoms with Gasteiger partial charge in [0, 0.05) is 5.56 Å². The van der Waals surface area contributed by atoms with Gasteiger partial charge in [-0.25, -0.2) is 4.39 Å². The first-order chi connectivity index (χ1) is 8.30. The number of halogens is 4. The maximum Gasteiger partial charge on any atom is 0.415 e. The fourth-order valence-electron chi connectivity index (χ4n) is 1.23. The summed E-state index contributed by atoms with van der Waals surface area (Å²) in [6, 6.07) is 5.18. The Bertz CT molecular complexity index is 417. The summed E-state index contributed by atoms with van der Waals surface area (Å²) in [6.07, 6.45) is -8.46. The second-order valence-electron chi connectivity index (χ2n) is 3.53. The Morgan fingerprint density at radius 2 is 1.94 bits per heavy atom. The molecule has 1 rings (SSSR count). The summed E-state index contributed by atoms with van der Waals surface area (Å²) in [4.78, 5) is 10.3. The Labute approximate surface area is 100.0 Å². The standard InChI is InChI=1S/C11H10F4O3/c12-8-4-2-1-3-7(8)6-18-9(5-10(16)17)11(13,14)15/h1-4,9H,5-6H2,(H,16,17). The van der Waals surface area contributed by atoms with Crippen LogP contribution >= 0.6 is 0 Å². The van der Waals surface area contributed by atoms with E-state index in [0.29, 0.717) is 0 Å². The van der Waals surface area contributed by atoms with Crippen LogP contribution in [-0.2, 0) is 16.1 Å². The molecule has 100 valence electrons. The first-order valence-corrected chi connectivity index (χ1v) is 4.94. The fourth-order valence-corrected chi connectivity index (χ4v) is 1.23. The van der Waals surface area contributed by atoms with Crippen LogP contribution in [0, 0.1) is 5.82 Å². The van der Waals surface area contributed by atoms with Gasteiger partial charge in [-0.1, -0.05) is 18.2 Å². The molecule has 3 nitrogen and oxygen atoms in total. The number of hydrogen-bond acceptors (Lipinski definition) is 2. The molecule has 0 aliphatic carbocycles. The predicted octanol–water partition coefficient (Wildman–Crippen LogP) is 2.75. The number of carboxylic acids is 1. The first kappa shape index (κ1) is 14.4. The van der Waals surface area contributed by atoms with Gasteiger partial charge in [0.1, 0.15) is 5.82 Å². The van der Waals surface area contributed by atoms with Gasteiger partial charge in [-0.15, -0.1) is 0 Å². The number of alkyl halides is 3. The van der Waals surface area contributed by atoms with Gasteiger partial charge in [-0.2, -0.15) is 13.2 Å². The van der Waals surface area contributed by atoms with Crippen molar-refractivity contribution in [3.05, 3.63) is 35.6 Å². The second-order valence-corrected chi connectivity index (χ2v) is 3.53. The highest BCUT2D eigenvalue weighted by atomic mass is 19.4. The van der Waals surface area contributed by atoms with Crippen molar-refractivity contribution in [2.75, 3.05) is 0 Å². The number of carbonyl (C=O) groups is 1. The number of benzene rings is 1. The van der Waals surface area contributed by atoms with Crippen LogP contribution < -0.4 is 0 Å². The van der Waals surface area contributed by atoms with Crippen LogP contribution in [0.15, 0.2) is 24.3 Å². The second kappa shape index (κ2) is 5.81. The SMILES string of the molecule is O=C(O)CC(OCc1ccccc1F)C(F)(F)F. The number of hydrogen-bond donors (Lipinski definition) is 1. The van der Waals surface area contributed by atoms with Gasteiger partial charge in [-0.05, 0) is 6.07 Å². The largest absolute Gasteiger partial charge is 0.481 e. The quantitative estimate of drug-likeness (QED) is 0.833. The van der Waals surface area contributed by atoms with E-state index in [2.05, 4.69) is 4.74 Å². The van der Waals surface area contributed by atoms with Gasteiger partial charge in [0.2, 0.25) is 0 Å². The van der Waals surface area contributed by atoms with E-state index in [-0.39, 0.29) is 5.56 Å². The highest BCUT2D eigenvalue weighted by molar-refractivity contribution is 5.67. The summed E-state index contributed by atoms with van der Waals surface area (Å²) in [6.45, 7) is -0.635. The molecule has 7 heteroatoms. The molecule has 1 aromatic carbocycles. The predicted molar refractivity (Wildman–Crippen MR) is 53.3 cm³/mol. The van der Waals surface area contributed by atoms with Crippen molar-refractivity contribution >= 4 is 5.97 Å². The van der Waals surface area contributed by atoms with Crippen molar-refractivity contribution in [2.24, 2.45) is 0 Å². The van der Waals surface area contributed by atoms with Crippen molar-refractivity contribution in [2.45, 2.75) is 25.3 Å². The van der Waals surface area contributed by atoms with Gasteiger partial charge < -0.3 is 9.84 Å². The molecule has 1 aromatic rings. The van der Waals surface area contributed by atoms with E-state index >= 15 is 0 Å². The lowest BCUT2D eigenvalue weighted by molar-refractivity contribution is -0.227. The minimum Gasteiger partial charge on any atom is -0.481 e. The smallest absolute Gasteiger partial charge is 0.415 e. The monoisotopic (exact) mass is 266 g/mol. The summed E-state index contributed by atoms with van der Waals surface area (Å²) < 4.78 is 54.8. The first-order valence-electron chi connectivity index (χ1n) is 4.94. The zero-order chi connectivity index (χ0) is 13.8. The molecule has 0 aromatic heterocycles. The van der Waals surface area contributed by atoms with Crippen molar-refractivity contribution in [3.63, 3.8) is 0 Å². The number of aliphatic carboxylic acids is 1. The fraction of sp³-hybridized carbons (Fsp3) is 0.364. The third-order valence-electron chi connectivity index (χ3n) is 2.12. The molecule has 0 saturated carbocycles. The number of carboxylic acid groups (broad SMARTS) is 1. The lowest BCUT2D eigenvalue weighted by atomic mass is 10.2. The molecule has 0 bridgehead atoms. The van der Waals surface area contributed by atoms with Gasteiger partial charge in [0.15, 0.2) is 6.10 Å². The van der Waals surface area contributed by atoms with Crippen LogP contribution in [0.5, 0.6) is 0 Å². The third-order valence-corrected chi connectivity index (χ3v) is 2.12. The minimum atomic E-state index is -4.80. The van der Waals surface area contributed by atoms with E-state index in [1.54, 1.807) is 0 Å². The molecular weight excluding hydrogens is 256 g/mol. The summed E-state index contributed by atoms with van der Waals surface area (Å²) in [5, 5.41) is 8.34. The topological polar surface area (TPSA) is 46.5 Å². The van der Waals surface area contributed by atoms with E-state index < -0.39 is 37.1 Å². The summed E-state index contributed by atoms with van der Waals surface area (Å²) in [5.41, 5.74) is -0.0582. The van der Waals surface area contributed by atoms with E-state index in [0.717, 1.165) is 6.07 Å².